The molecule has 0 fully saturated rings. The van der Waals surface area contributed by atoms with Crippen molar-refractivity contribution in [2.24, 2.45) is 0 Å². The number of likely N-dealkylation sites (N-methyl/N-ethyl adjacent to an activating group) is 1. The molecule has 2 aromatic rings. The highest BCUT2D eigenvalue weighted by molar-refractivity contribution is 5.84. The van der Waals surface area contributed by atoms with Crippen LogP contribution in [0.25, 0.3) is 10.9 Å². The van der Waals surface area contributed by atoms with Crippen LogP contribution in [-0.4, -0.2) is 29.0 Å². The number of hydrogen-bond donors (Lipinski definition) is 1. The Morgan fingerprint density at radius 3 is 2.50 bits per heavy atom. The van der Waals surface area contributed by atoms with Crippen molar-refractivity contribution >= 4 is 10.9 Å². The smallest absolute Gasteiger partial charge is 0.0458 e. The molecule has 1 atom stereocenters. The number of aryl methyl sites for hydroxylation is 1. The summed E-state index contributed by atoms with van der Waals surface area (Å²) in [6.45, 7) is 11.2. The zero-order valence-electron chi connectivity index (χ0n) is 12.0. The largest absolute Gasteiger partial charge is 0.358 e. The van der Waals surface area contributed by atoms with Crippen LogP contribution >= 0.6 is 0 Å². The maximum Gasteiger partial charge on any atom is 0.0458 e. The van der Waals surface area contributed by atoms with E-state index in [1.54, 1.807) is 0 Å². The second-order valence-corrected chi connectivity index (χ2v) is 5.05. The number of aromatic amines is 1. The van der Waals surface area contributed by atoms with E-state index in [1.807, 2.05) is 0 Å². The van der Waals surface area contributed by atoms with Gasteiger partial charge in [0.2, 0.25) is 0 Å². The fraction of sp³-hybridized carbons (Fsp3) is 0.500. The van der Waals surface area contributed by atoms with E-state index >= 15 is 0 Å². The molecule has 1 aromatic heterocycles. The second-order valence-electron chi connectivity index (χ2n) is 5.05. The van der Waals surface area contributed by atoms with E-state index in [-0.39, 0.29) is 0 Å². The number of rotatable bonds is 5. The van der Waals surface area contributed by atoms with E-state index in [1.165, 1.54) is 22.2 Å². The summed E-state index contributed by atoms with van der Waals surface area (Å²) in [5.41, 5.74) is 4.05. The summed E-state index contributed by atoms with van der Waals surface area (Å²) in [4.78, 5) is 6.00. The van der Waals surface area contributed by atoms with E-state index in [0.29, 0.717) is 6.04 Å². The number of benzene rings is 1. The minimum absolute atomic E-state index is 0.595. The van der Waals surface area contributed by atoms with Gasteiger partial charge in [0.15, 0.2) is 0 Å². The standard InChI is InChI=1S/C16H24N2/c1-5-18(6-2)12(3)11-15-13(4)17-16-10-8-7-9-14(15)16/h7-10,12,17H,5-6,11H2,1-4H3. The lowest BCUT2D eigenvalue weighted by Gasteiger charge is -2.26. The molecule has 0 aliphatic carbocycles. The van der Waals surface area contributed by atoms with Crippen molar-refractivity contribution in [1.82, 2.24) is 9.88 Å². The molecule has 2 rings (SSSR count). The van der Waals surface area contributed by atoms with Crippen LogP contribution in [0.2, 0.25) is 0 Å². The van der Waals surface area contributed by atoms with Crippen LogP contribution < -0.4 is 0 Å². The molecule has 2 nitrogen and oxygen atoms in total. The predicted octanol–water partition coefficient (Wildman–Crippen LogP) is 3.75. The average Bonchev–Trinajstić information content (AvgIpc) is 2.68. The zero-order valence-corrected chi connectivity index (χ0v) is 12.0. The normalized spacial score (nSPS) is 13.4. The quantitative estimate of drug-likeness (QED) is 0.848. The Bertz CT molecular complexity index is 509. The molecular formula is C16H24N2. The summed E-state index contributed by atoms with van der Waals surface area (Å²) in [7, 11) is 0. The summed E-state index contributed by atoms with van der Waals surface area (Å²) in [6.07, 6.45) is 1.12. The van der Waals surface area contributed by atoms with E-state index < -0.39 is 0 Å². The number of nitrogens with zero attached hydrogens (tertiary/aromatic N) is 1. The lowest BCUT2D eigenvalue weighted by atomic mass is 10.0. The average molecular weight is 244 g/mol. The van der Waals surface area contributed by atoms with Crippen LogP contribution in [0.5, 0.6) is 0 Å². The SMILES string of the molecule is CCN(CC)C(C)Cc1c(C)[nH]c2ccccc12. The first-order chi connectivity index (χ1) is 8.67. The number of H-pyrrole nitrogens is 1. The van der Waals surface area contributed by atoms with E-state index in [9.17, 15) is 0 Å². The van der Waals surface area contributed by atoms with Gasteiger partial charge >= 0.3 is 0 Å². The van der Waals surface area contributed by atoms with E-state index in [0.717, 1.165) is 19.5 Å². The number of hydrogen-bond acceptors (Lipinski definition) is 1. The van der Waals surface area contributed by atoms with E-state index in [2.05, 4.69) is 61.8 Å². The van der Waals surface area contributed by atoms with Gasteiger partial charge in [0.25, 0.3) is 0 Å². The zero-order chi connectivity index (χ0) is 13.1. The van der Waals surface area contributed by atoms with Crippen LogP contribution in [0.4, 0.5) is 0 Å². The lowest BCUT2D eigenvalue weighted by molar-refractivity contribution is 0.230. The minimum Gasteiger partial charge on any atom is -0.358 e. The number of nitrogens with one attached hydrogen (secondary N) is 1. The lowest BCUT2D eigenvalue weighted by Crippen LogP contribution is -2.34. The summed E-state index contributed by atoms with van der Waals surface area (Å²) < 4.78 is 0. The topological polar surface area (TPSA) is 19.0 Å². The molecule has 0 aliphatic rings. The van der Waals surface area contributed by atoms with Gasteiger partial charge in [-0.25, -0.2) is 0 Å². The molecule has 1 N–H and O–H groups in total. The van der Waals surface area contributed by atoms with Crippen molar-refractivity contribution in [3.8, 4) is 0 Å². The molecule has 0 bridgehead atoms. The molecular weight excluding hydrogens is 220 g/mol. The monoisotopic (exact) mass is 244 g/mol. The fourth-order valence-corrected chi connectivity index (χ4v) is 2.87. The van der Waals surface area contributed by atoms with Gasteiger partial charge in [-0.3, -0.25) is 0 Å². The van der Waals surface area contributed by atoms with Crippen molar-refractivity contribution in [3.63, 3.8) is 0 Å². The second kappa shape index (κ2) is 5.57. The Hall–Kier alpha value is -1.28. The summed E-state index contributed by atoms with van der Waals surface area (Å²) in [5.74, 6) is 0. The van der Waals surface area contributed by atoms with Gasteiger partial charge in [-0.2, -0.15) is 0 Å². The van der Waals surface area contributed by atoms with Crippen molar-refractivity contribution < 1.29 is 0 Å². The Morgan fingerprint density at radius 2 is 1.83 bits per heavy atom. The third-order valence-corrected chi connectivity index (χ3v) is 3.96. The summed E-state index contributed by atoms with van der Waals surface area (Å²) in [5, 5.41) is 1.38. The maximum absolute atomic E-state index is 3.49. The molecule has 0 aliphatic heterocycles. The fourth-order valence-electron chi connectivity index (χ4n) is 2.87. The highest BCUT2D eigenvalue weighted by atomic mass is 15.1. The molecule has 0 spiro atoms. The Balaban J connectivity index is 2.28. The first kappa shape index (κ1) is 13.2. The molecule has 0 saturated carbocycles. The van der Waals surface area contributed by atoms with Crippen molar-refractivity contribution in [3.05, 3.63) is 35.5 Å². The Kier molecular flexibility index (Phi) is 4.07. The third kappa shape index (κ3) is 2.44. The predicted molar refractivity (Wildman–Crippen MR) is 79.1 cm³/mol. The number of para-hydroxylation sites is 1. The summed E-state index contributed by atoms with van der Waals surface area (Å²) in [6, 6.07) is 9.20. The minimum atomic E-state index is 0.595. The van der Waals surface area contributed by atoms with Gasteiger partial charge in [0.1, 0.15) is 0 Å². The Morgan fingerprint density at radius 1 is 1.17 bits per heavy atom. The van der Waals surface area contributed by atoms with Gasteiger partial charge < -0.3 is 9.88 Å². The van der Waals surface area contributed by atoms with Gasteiger partial charge in [-0.1, -0.05) is 32.0 Å². The maximum atomic E-state index is 3.49. The van der Waals surface area contributed by atoms with Crippen LogP contribution in [0.15, 0.2) is 24.3 Å². The van der Waals surface area contributed by atoms with Crippen molar-refractivity contribution in [1.29, 1.82) is 0 Å². The van der Waals surface area contributed by atoms with Crippen LogP contribution in [0.3, 0.4) is 0 Å². The molecule has 1 unspecified atom stereocenters. The van der Waals surface area contributed by atoms with Crippen LogP contribution in [-0.2, 0) is 6.42 Å². The van der Waals surface area contributed by atoms with Gasteiger partial charge in [0, 0.05) is 22.6 Å². The molecule has 98 valence electrons. The van der Waals surface area contributed by atoms with Gasteiger partial charge in [-0.05, 0) is 45.0 Å². The van der Waals surface area contributed by atoms with Crippen LogP contribution in [0, 0.1) is 6.92 Å². The third-order valence-electron chi connectivity index (χ3n) is 3.96. The van der Waals surface area contributed by atoms with E-state index in [4.69, 9.17) is 0 Å². The first-order valence-electron chi connectivity index (χ1n) is 6.97. The Labute approximate surface area is 110 Å². The first-order valence-corrected chi connectivity index (χ1v) is 6.97. The highest BCUT2D eigenvalue weighted by Crippen LogP contribution is 2.24. The molecule has 0 radical (unpaired) electrons. The molecule has 0 saturated heterocycles. The van der Waals surface area contributed by atoms with Gasteiger partial charge in [0.05, 0.1) is 0 Å². The molecule has 1 aromatic carbocycles. The molecule has 1 heterocycles. The highest BCUT2D eigenvalue weighted by Gasteiger charge is 2.15. The summed E-state index contributed by atoms with van der Waals surface area (Å²) >= 11 is 0. The van der Waals surface area contributed by atoms with Crippen molar-refractivity contribution in [2.45, 2.75) is 40.2 Å². The molecule has 18 heavy (non-hydrogen) atoms. The molecule has 2 heteroatoms. The van der Waals surface area contributed by atoms with Crippen LogP contribution in [0.1, 0.15) is 32.0 Å². The number of aromatic nitrogens is 1. The van der Waals surface area contributed by atoms with Gasteiger partial charge in [-0.15, -0.1) is 0 Å². The molecule has 0 amide bonds. The number of fused-ring (bicyclic) bond motifs is 1. The van der Waals surface area contributed by atoms with Crippen molar-refractivity contribution in [2.75, 3.05) is 13.1 Å².